The van der Waals surface area contributed by atoms with Gasteiger partial charge in [0.1, 0.15) is 0 Å². The molecule has 0 aromatic carbocycles. The topological polar surface area (TPSA) is 41.6 Å². The van der Waals surface area contributed by atoms with Crippen LogP contribution < -0.4 is 5.73 Å². The van der Waals surface area contributed by atoms with E-state index in [1.165, 1.54) is 0 Å². The van der Waals surface area contributed by atoms with Gasteiger partial charge in [-0.15, -0.1) is 0 Å². The predicted octanol–water partition coefficient (Wildman–Crippen LogP) is 0.368. The SMILES string of the molecule is CC(N)CSC1=NCCN1C. The zero-order valence-electron chi connectivity index (χ0n) is 7.08. The van der Waals surface area contributed by atoms with Crippen molar-refractivity contribution in [3.05, 3.63) is 0 Å². The summed E-state index contributed by atoms with van der Waals surface area (Å²) in [5, 5.41) is 1.14. The average molecular weight is 173 g/mol. The minimum Gasteiger partial charge on any atom is -0.353 e. The first-order valence-electron chi connectivity index (χ1n) is 3.84. The van der Waals surface area contributed by atoms with Crippen LogP contribution in [0.25, 0.3) is 0 Å². The summed E-state index contributed by atoms with van der Waals surface area (Å²) in [5.41, 5.74) is 5.62. The maximum atomic E-state index is 5.62. The number of thioether (sulfide) groups is 1. The Hall–Kier alpha value is -0.220. The molecular formula is C7H15N3S. The predicted molar refractivity (Wildman–Crippen MR) is 51.0 cm³/mol. The first kappa shape index (κ1) is 8.87. The Kier molecular flexibility index (Phi) is 3.20. The summed E-state index contributed by atoms with van der Waals surface area (Å²) in [5.74, 6) is 0.961. The third-order valence-corrected chi connectivity index (χ3v) is 2.88. The molecule has 0 fully saturated rings. The largest absolute Gasteiger partial charge is 0.353 e. The lowest BCUT2D eigenvalue weighted by atomic mass is 10.4. The second kappa shape index (κ2) is 3.97. The zero-order valence-corrected chi connectivity index (χ0v) is 7.90. The van der Waals surface area contributed by atoms with Gasteiger partial charge in [0.05, 0.1) is 6.54 Å². The number of hydrogen-bond acceptors (Lipinski definition) is 4. The molecule has 1 rings (SSSR count). The summed E-state index contributed by atoms with van der Waals surface area (Å²) in [6, 6.07) is 0.261. The van der Waals surface area contributed by atoms with Gasteiger partial charge in [-0.2, -0.15) is 0 Å². The Morgan fingerprint density at radius 1 is 1.82 bits per heavy atom. The summed E-state index contributed by atoms with van der Waals surface area (Å²) in [6.45, 7) is 4.02. The van der Waals surface area contributed by atoms with Crippen LogP contribution in [0.5, 0.6) is 0 Å². The molecule has 0 bridgehead atoms. The standard InChI is InChI=1S/C7H15N3S/c1-6(8)5-11-7-9-3-4-10(7)2/h6H,3-5,8H2,1-2H3. The summed E-state index contributed by atoms with van der Waals surface area (Å²) in [6.07, 6.45) is 0. The average Bonchev–Trinajstić information content (AvgIpc) is 2.31. The molecule has 1 unspecified atom stereocenters. The molecule has 0 aromatic rings. The molecule has 3 nitrogen and oxygen atoms in total. The molecular weight excluding hydrogens is 158 g/mol. The number of likely N-dealkylation sites (N-methyl/N-ethyl adjacent to an activating group) is 1. The fraction of sp³-hybridized carbons (Fsp3) is 0.857. The Morgan fingerprint density at radius 2 is 2.55 bits per heavy atom. The van der Waals surface area contributed by atoms with Crippen LogP contribution >= 0.6 is 11.8 Å². The number of rotatable bonds is 2. The van der Waals surface area contributed by atoms with Gasteiger partial charge in [0.15, 0.2) is 5.17 Å². The molecule has 1 heterocycles. The lowest BCUT2D eigenvalue weighted by Crippen LogP contribution is -2.24. The number of aliphatic imine (C=N–C) groups is 1. The lowest BCUT2D eigenvalue weighted by Gasteiger charge is -2.13. The number of amidine groups is 1. The summed E-state index contributed by atoms with van der Waals surface area (Å²) in [4.78, 5) is 6.51. The highest BCUT2D eigenvalue weighted by atomic mass is 32.2. The quantitative estimate of drug-likeness (QED) is 0.656. The fourth-order valence-corrected chi connectivity index (χ4v) is 1.78. The molecule has 2 N–H and O–H groups in total. The summed E-state index contributed by atoms with van der Waals surface area (Å²) in [7, 11) is 2.07. The molecule has 4 heteroatoms. The molecule has 0 saturated carbocycles. The van der Waals surface area contributed by atoms with E-state index in [1.54, 1.807) is 11.8 Å². The number of nitrogens with two attached hydrogens (primary N) is 1. The van der Waals surface area contributed by atoms with Gasteiger partial charge in [-0.3, -0.25) is 4.99 Å². The van der Waals surface area contributed by atoms with Crippen molar-refractivity contribution in [1.82, 2.24) is 4.90 Å². The second-order valence-corrected chi connectivity index (χ2v) is 3.86. The van der Waals surface area contributed by atoms with Crippen LogP contribution in [-0.2, 0) is 0 Å². The Balaban J connectivity index is 2.26. The highest BCUT2D eigenvalue weighted by Crippen LogP contribution is 2.12. The van der Waals surface area contributed by atoms with Crippen LogP contribution in [0.4, 0.5) is 0 Å². The van der Waals surface area contributed by atoms with Crippen LogP contribution in [-0.4, -0.2) is 42.0 Å². The van der Waals surface area contributed by atoms with Gasteiger partial charge < -0.3 is 10.6 Å². The minimum absolute atomic E-state index is 0.261. The molecule has 1 aliphatic rings. The molecule has 0 aromatic heterocycles. The van der Waals surface area contributed by atoms with Gasteiger partial charge in [0.25, 0.3) is 0 Å². The smallest absolute Gasteiger partial charge is 0.159 e. The van der Waals surface area contributed by atoms with Gasteiger partial charge in [-0.25, -0.2) is 0 Å². The van der Waals surface area contributed by atoms with Gasteiger partial charge in [-0.05, 0) is 6.92 Å². The van der Waals surface area contributed by atoms with Crippen molar-refractivity contribution in [1.29, 1.82) is 0 Å². The molecule has 0 amide bonds. The van der Waals surface area contributed by atoms with E-state index in [-0.39, 0.29) is 6.04 Å². The van der Waals surface area contributed by atoms with E-state index in [9.17, 15) is 0 Å². The number of nitrogens with zero attached hydrogens (tertiary/aromatic N) is 2. The van der Waals surface area contributed by atoms with Crippen LogP contribution in [0, 0.1) is 0 Å². The first-order valence-corrected chi connectivity index (χ1v) is 4.82. The van der Waals surface area contributed by atoms with Crippen molar-refractivity contribution in [3.63, 3.8) is 0 Å². The Bertz CT molecular complexity index is 156. The van der Waals surface area contributed by atoms with Crippen molar-refractivity contribution < 1.29 is 0 Å². The van der Waals surface area contributed by atoms with E-state index in [2.05, 4.69) is 16.9 Å². The van der Waals surface area contributed by atoms with Crippen LogP contribution in [0.2, 0.25) is 0 Å². The molecule has 0 aliphatic carbocycles. The maximum absolute atomic E-state index is 5.62. The monoisotopic (exact) mass is 173 g/mol. The van der Waals surface area contributed by atoms with Crippen molar-refractivity contribution >= 4 is 16.9 Å². The van der Waals surface area contributed by atoms with Crippen molar-refractivity contribution in [2.75, 3.05) is 25.9 Å². The highest BCUT2D eigenvalue weighted by molar-refractivity contribution is 8.13. The van der Waals surface area contributed by atoms with E-state index in [0.29, 0.717) is 0 Å². The molecule has 64 valence electrons. The maximum Gasteiger partial charge on any atom is 0.159 e. The zero-order chi connectivity index (χ0) is 8.27. The molecule has 0 spiro atoms. The van der Waals surface area contributed by atoms with Crippen LogP contribution in [0.3, 0.4) is 0 Å². The summed E-state index contributed by atoms with van der Waals surface area (Å²) >= 11 is 1.75. The minimum atomic E-state index is 0.261. The lowest BCUT2D eigenvalue weighted by molar-refractivity contribution is 0.564. The van der Waals surface area contributed by atoms with E-state index >= 15 is 0 Å². The van der Waals surface area contributed by atoms with Gasteiger partial charge >= 0.3 is 0 Å². The van der Waals surface area contributed by atoms with Gasteiger partial charge in [0, 0.05) is 25.4 Å². The fourth-order valence-electron chi connectivity index (χ4n) is 0.874. The van der Waals surface area contributed by atoms with Gasteiger partial charge in [-0.1, -0.05) is 11.8 Å². The van der Waals surface area contributed by atoms with E-state index < -0.39 is 0 Å². The van der Waals surface area contributed by atoms with E-state index in [0.717, 1.165) is 24.0 Å². The summed E-state index contributed by atoms with van der Waals surface area (Å²) < 4.78 is 0. The third kappa shape index (κ3) is 2.71. The molecule has 0 radical (unpaired) electrons. The van der Waals surface area contributed by atoms with E-state index in [1.807, 2.05) is 6.92 Å². The second-order valence-electron chi connectivity index (χ2n) is 2.87. The molecule has 1 atom stereocenters. The third-order valence-electron chi connectivity index (χ3n) is 1.48. The number of hydrogen-bond donors (Lipinski definition) is 1. The highest BCUT2D eigenvalue weighted by Gasteiger charge is 2.12. The molecule has 1 aliphatic heterocycles. The van der Waals surface area contributed by atoms with E-state index in [4.69, 9.17) is 5.73 Å². The van der Waals surface area contributed by atoms with Crippen molar-refractivity contribution in [2.24, 2.45) is 10.7 Å². The normalized spacial score (nSPS) is 20.3. The molecule has 0 saturated heterocycles. The van der Waals surface area contributed by atoms with Crippen LogP contribution in [0.15, 0.2) is 4.99 Å². The van der Waals surface area contributed by atoms with Crippen LogP contribution in [0.1, 0.15) is 6.92 Å². The van der Waals surface area contributed by atoms with Gasteiger partial charge in [0.2, 0.25) is 0 Å². The molecule has 11 heavy (non-hydrogen) atoms. The first-order chi connectivity index (χ1) is 5.20. The van der Waals surface area contributed by atoms with Crippen molar-refractivity contribution in [2.45, 2.75) is 13.0 Å². The Labute approximate surface area is 72.0 Å². The van der Waals surface area contributed by atoms with Crippen molar-refractivity contribution in [3.8, 4) is 0 Å². The Morgan fingerprint density at radius 3 is 3.00 bits per heavy atom.